The molecule has 7 nitrogen and oxygen atoms in total. The molecule has 0 amide bonds. The molecular weight excluding hydrogens is 411 g/mol. The van der Waals surface area contributed by atoms with Gasteiger partial charge < -0.3 is 14.2 Å². The maximum atomic E-state index is 13.8. The van der Waals surface area contributed by atoms with Crippen molar-refractivity contribution < 1.29 is 18.4 Å². The molecule has 0 fully saturated rings. The first kappa shape index (κ1) is 19.9. The van der Waals surface area contributed by atoms with E-state index in [1.165, 1.54) is 17.7 Å². The summed E-state index contributed by atoms with van der Waals surface area (Å²) >= 11 is 0. The van der Waals surface area contributed by atoms with Gasteiger partial charge in [0.15, 0.2) is 0 Å². The number of carbonyl (C=O) groups excluding carboxylic acids is 1. The van der Waals surface area contributed by atoms with Gasteiger partial charge in [-0.25, -0.2) is 4.39 Å². The molecule has 4 aromatic rings. The third kappa shape index (κ3) is 3.52. The number of fused-ring (bicyclic) bond motifs is 3. The Bertz CT molecular complexity index is 1380. The van der Waals surface area contributed by atoms with Crippen LogP contribution in [-0.2, 0) is 16.0 Å². The van der Waals surface area contributed by atoms with Gasteiger partial charge in [0.05, 0.1) is 24.7 Å². The molecule has 0 spiro atoms. The third-order valence-corrected chi connectivity index (χ3v) is 5.77. The van der Waals surface area contributed by atoms with Crippen LogP contribution >= 0.6 is 0 Å². The first-order valence-electron chi connectivity index (χ1n) is 10.4. The molecule has 0 bridgehead atoms. The standard InChI is InChI=1S/C24H19FN4O3/c1-2-31-21(30)11-14-3-5-18-19-10-15(4-6-20(19)27-22(14)18)23-28-24(32-29-23)16-7-13(12-26)8-17(25)9-16/h4,6-10,14,27H,2-3,5,11H2,1H3. The Morgan fingerprint density at radius 3 is 3.00 bits per heavy atom. The number of aryl methyl sites for hydroxylation is 1. The summed E-state index contributed by atoms with van der Waals surface area (Å²) in [5, 5.41) is 14.2. The molecule has 1 N–H and O–H groups in total. The van der Waals surface area contributed by atoms with Crippen LogP contribution in [0.3, 0.4) is 0 Å². The molecule has 0 aliphatic heterocycles. The summed E-state index contributed by atoms with van der Waals surface area (Å²) in [4.78, 5) is 19.8. The molecule has 1 aliphatic carbocycles. The molecule has 2 heterocycles. The second-order valence-electron chi connectivity index (χ2n) is 7.79. The van der Waals surface area contributed by atoms with Gasteiger partial charge in [0, 0.05) is 33.6 Å². The molecule has 1 unspecified atom stereocenters. The minimum Gasteiger partial charge on any atom is -0.466 e. The normalized spacial score (nSPS) is 15.0. The Balaban J connectivity index is 1.46. The number of nitriles is 1. The van der Waals surface area contributed by atoms with Gasteiger partial charge in [-0.05, 0) is 61.7 Å². The first-order valence-corrected chi connectivity index (χ1v) is 10.4. The highest BCUT2D eigenvalue weighted by atomic mass is 19.1. The molecule has 0 saturated heterocycles. The summed E-state index contributed by atoms with van der Waals surface area (Å²) in [6.45, 7) is 2.19. The summed E-state index contributed by atoms with van der Waals surface area (Å²) < 4.78 is 24.2. The van der Waals surface area contributed by atoms with Crippen LogP contribution in [0.25, 0.3) is 33.7 Å². The third-order valence-electron chi connectivity index (χ3n) is 5.77. The van der Waals surface area contributed by atoms with Crippen LogP contribution < -0.4 is 0 Å². The Morgan fingerprint density at radius 2 is 2.19 bits per heavy atom. The van der Waals surface area contributed by atoms with E-state index in [0.29, 0.717) is 24.4 Å². The summed E-state index contributed by atoms with van der Waals surface area (Å²) in [7, 11) is 0. The fourth-order valence-electron chi connectivity index (χ4n) is 4.35. The number of carbonyl (C=O) groups is 1. The van der Waals surface area contributed by atoms with E-state index in [1.54, 1.807) is 0 Å². The Hall–Kier alpha value is -3.99. The van der Waals surface area contributed by atoms with E-state index in [9.17, 15) is 9.18 Å². The topological polar surface area (TPSA) is 105 Å². The smallest absolute Gasteiger partial charge is 0.306 e. The van der Waals surface area contributed by atoms with Gasteiger partial charge in [0.25, 0.3) is 5.89 Å². The Kier molecular flexibility index (Phi) is 4.94. The molecule has 160 valence electrons. The number of rotatable bonds is 5. The molecule has 0 radical (unpaired) electrons. The largest absolute Gasteiger partial charge is 0.466 e. The fourth-order valence-corrected chi connectivity index (χ4v) is 4.35. The predicted octanol–water partition coefficient (Wildman–Crippen LogP) is 4.88. The molecule has 2 aromatic carbocycles. The van der Waals surface area contributed by atoms with Crippen LogP contribution in [0.1, 0.15) is 42.5 Å². The van der Waals surface area contributed by atoms with Gasteiger partial charge in [-0.1, -0.05) is 5.16 Å². The lowest BCUT2D eigenvalue weighted by Gasteiger charge is -2.08. The monoisotopic (exact) mass is 430 g/mol. The summed E-state index contributed by atoms with van der Waals surface area (Å²) in [5.41, 5.74) is 4.57. The zero-order chi connectivity index (χ0) is 22.2. The highest BCUT2D eigenvalue weighted by molar-refractivity contribution is 5.89. The lowest BCUT2D eigenvalue weighted by Crippen LogP contribution is -2.08. The van der Waals surface area contributed by atoms with Gasteiger partial charge in [0.1, 0.15) is 5.82 Å². The number of aromatic amines is 1. The van der Waals surface area contributed by atoms with Crippen LogP contribution in [-0.4, -0.2) is 27.7 Å². The van der Waals surface area contributed by atoms with Crippen LogP contribution in [0.4, 0.5) is 4.39 Å². The number of nitrogens with one attached hydrogen (secondary N) is 1. The second-order valence-corrected chi connectivity index (χ2v) is 7.79. The van der Waals surface area contributed by atoms with Crippen molar-refractivity contribution in [3.05, 3.63) is 59.0 Å². The Morgan fingerprint density at radius 1 is 1.31 bits per heavy atom. The summed E-state index contributed by atoms with van der Waals surface area (Å²) in [5.74, 6) is -0.0778. The van der Waals surface area contributed by atoms with Crippen LogP contribution in [0.5, 0.6) is 0 Å². The average Bonchev–Trinajstić information content (AvgIpc) is 3.49. The van der Waals surface area contributed by atoms with E-state index in [0.717, 1.165) is 41.1 Å². The van der Waals surface area contributed by atoms with Crippen molar-refractivity contribution in [2.75, 3.05) is 6.61 Å². The maximum absolute atomic E-state index is 13.8. The van der Waals surface area contributed by atoms with Gasteiger partial charge in [-0.2, -0.15) is 10.2 Å². The van der Waals surface area contributed by atoms with Crippen LogP contribution in [0.2, 0.25) is 0 Å². The van der Waals surface area contributed by atoms with Crippen molar-refractivity contribution in [1.82, 2.24) is 15.1 Å². The number of hydrogen-bond acceptors (Lipinski definition) is 6. The van der Waals surface area contributed by atoms with E-state index >= 15 is 0 Å². The first-order chi connectivity index (χ1) is 15.6. The highest BCUT2D eigenvalue weighted by Crippen LogP contribution is 2.40. The molecule has 2 aromatic heterocycles. The SMILES string of the molecule is CCOC(=O)CC1CCc2c1[nH]c1ccc(-c3noc(-c4cc(F)cc(C#N)c4)n3)cc21. The zero-order valence-corrected chi connectivity index (χ0v) is 17.3. The maximum Gasteiger partial charge on any atom is 0.306 e. The summed E-state index contributed by atoms with van der Waals surface area (Å²) in [6.07, 6.45) is 2.14. The number of benzene rings is 2. The molecule has 32 heavy (non-hydrogen) atoms. The number of ether oxygens (including phenoxy) is 1. The minimum absolute atomic E-state index is 0.124. The van der Waals surface area contributed by atoms with Crippen LogP contribution in [0.15, 0.2) is 40.9 Å². The van der Waals surface area contributed by atoms with E-state index in [2.05, 4.69) is 15.1 Å². The van der Waals surface area contributed by atoms with E-state index < -0.39 is 5.82 Å². The molecule has 0 saturated carbocycles. The van der Waals surface area contributed by atoms with Gasteiger partial charge in [-0.15, -0.1) is 0 Å². The van der Waals surface area contributed by atoms with Gasteiger partial charge in [-0.3, -0.25) is 4.79 Å². The Labute approximate surface area is 182 Å². The molecule has 8 heteroatoms. The predicted molar refractivity (Wildman–Crippen MR) is 114 cm³/mol. The van der Waals surface area contributed by atoms with Crippen molar-refractivity contribution in [3.63, 3.8) is 0 Å². The number of halogens is 1. The second kappa shape index (κ2) is 7.93. The number of nitrogens with zero attached hydrogens (tertiary/aromatic N) is 3. The van der Waals surface area contributed by atoms with E-state index in [1.807, 2.05) is 31.2 Å². The van der Waals surface area contributed by atoms with Crippen molar-refractivity contribution in [2.24, 2.45) is 0 Å². The fraction of sp³-hybridized carbons (Fsp3) is 0.250. The van der Waals surface area contributed by atoms with E-state index in [-0.39, 0.29) is 23.3 Å². The number of aromatic nitrogens is 3. The molecular formula is C24H19FN4O3. The van der Waals surface area contributed by atoms with Crippen molar-refractivity contribution >= 4 is 16.9 Å². The van der Waals surface area contributed by atoms with Crippen molar-refractivity contribution in [1.29, 1.82) is 5.26 Å². The molecule has 1 atom stereocenters. The lowest BCUT2D eigenvalue weighted by molar-refractivity contribution is -0.143. The molecule has 5 rings (SSSR count). The van der Waals surface area contributed by atoms with Gasteiger partial charge in [0.2, 0.25) is 5.82 Å². The van der Waals surface area contributed by atoms with E-state index in [4.69, 9.17) is 14.5 Å². The minimum atomic E-state index is -0.541. The van der Waals surface area contributed by atoms with Crippen LogP contribution in [0, 0.1) is 17.1 Å². The number of esters is 1. The van der Waals surface area contributed by atoms with Crippen molar-refractivity contribution in [3.8, 4) is 28.9 Å². The highest BCUT2D eigenvalue weighted by Gasteiger charge is 2.29. The summed E-state index contributed by atoms with van der Waals surface area (Å²) in [6, 6.07) is 11.7. The van der Waals surface area contributed by atoms with Crippen molar-refractivity contribution in [2.45, 2.75) is 32.1 Å². The lowest BCUT2D eigenvalue weighted by atomic mass is 10.0. The number of H-pyrrole nitrogens is 1. The average molecular weight is 430 g/mol. The molecule has 1 aliphatic rings. The van der Waals surface area contributed by atoms with Gasteiger partial charge >= 0.3 is 5.97 Å². The quantitative estimate of drug-likeness (QED) is 0.453. The zero-order valence-electron chi connectivity index (χ0n) is 17.3. The number of hydrogen-bond donors (Lipinski definition) is 1.